The standard InChI is InChI=1S/C18H24F2N2O2/c1-18(2,3)12-16(23)21-7-4-8-22(10-9-21)17(24)14-11-13(19)5-6-15(14)20/h5-6,11H,4,7-10,12H2,1-3H3. The van der Waals surface area contributed by atoms with Gasteiger partial charge in [-0.15, -0.1) is 0 Å². The monoisotopic (exact) mass is 338 g/mol. The highest BCUT2D eigenvalue weighted by atomic mass is 19.1. The van der Waals surface area contributed by atoms with Crippen molar-refractivity contribution in [2.75, 3.05) is 26.2 Å². The van der Waals surface area contributed by atoms with E-state index in [2.05, 4.69) is 0 Å². The van der Waals surface area contributed by atoms with Crippen LogP contribution in [0.15, 0.2) is 18.2 Å². The molecule has 0 radical (unpaired) electrons. The number of carbonyl (C=O) groups excluding carboxylic acids is 2. The maximum atomic E-state index is 13.8. The minimum atomic E-state index is -0.730. The number of nitrogens with zero attached hydrogens (tertiary/aromatic N) is 2. The third-order valence-corrected chi connectivity index (χ3v) is 3.98. The number of hydrogen-bond acceptors (Lipinski definition) is 2. The van der Waals surface area contributed by atoms with E-state index < -0.39 is 17.5 Å². The summed E-state index contributed by atoms with van der Waals surface area (Å²) in [5.74, 6) is -1.84. The Kier molecular flexibility index (Phi) is 5.57. The molecule has 1 aliphatic heterocycles. The first-order valence-corrected chi connectivity index (χ1v) is 8.19. The average molecular weight is 338 g/mol. The van der Waals surface area contributed by atoms with Crippen LogP contribution in [0.4, 0.5) is 8.78 Å². The lowest BCUT2D eigenvalue weighted by Crippen LogP contribution is -2.38. The molecule has 132 valence electrons. The topological polar surface area (TPSA) is 40.6 Å². The van der Waals surface area contributed by atoms with Crippen LogP contribution in [0.2, 0.25) is 0 Å². The van der Waals surface area contributed by atoms with Gasteiger partial charge >= 0.3 is 0 Å². The Morgan fingerprint density at radius 1 is 1.04 bits per heavy atom. The molecule has 1 aromatic carbocycles. The molecule has 2 rings (SSSR count). The molecule has 24 heavy (non-hydrogen) atoms. The third-order valence-electron chi connectivity index (χ3n) is 3.98. The summed E-state index contributed by atoms with van der Waals surface area (Å²) < 4.78 is 27.1. The maximum absolute atomic E-state index is 13.8. The molecule has 0 aromatic heterocycles. The Morgan fingerprint density at radius 2 is 1.67 bits per heavy atom. The average Bonchev–Trinajstić information content (AvgIpc) is 2.73. The highest BCUT2D eigenvalue weighted by Gasteiger charge is 2.26. The summed E-state index contributed by atoms with van der Waals surface area (Å²) in [6, 6.07) is 2.87. The molecule has 0 saturated carbocycles. The van der Waals surface area contributed by atoms with Crippen molar-refractivity contribution in [3.05, 3.63) is 35.4 Å². The molecular weight excluding hydrogens is 314 g/mol. The van der Waals surface area contributed by atoms with Gasteiger partial charge in [0.2, 0.25) is 5.91 Å². The zero-order valence-electron chi connectivity index (χ0n) is 14.4. The molecule has 2 amide bonds. The van der Waals surface area contributed by atoms with Crippen LogP contribution >= 0.6 is 0 Å². The van der Waals surface area contributed by atoms with Crippen LogP contribution in [-0.4, -0.2) is 47.8 Å². The van der Waals surface area contributed by atoms with Crippen molar-refractivity contribution in [1.29, 1.82) is 0 Å². The first-order chi connectivity index (χ1) is 11.2. The number of benzene rings is 1. The quantitative estimate of drug-likeness (QED) is 0.831. The van der Waals surface area contributed by atoms with Gasteiger partial charge in [-0.3, -0.25) is 9.59 Å². The van der Waals surface area contributed by atoms with Gasteiger partial charge in [0.25, 0.3) is 5.91 Å². The van der Waals surface area contributed by atoms with Gasteiger partial charge in [-0.25, -0.2) is 8.78 Å². The van der Waals surface area contributed by atoms with Crippen molar-refractivity contribution in [3.63, 3.8) is 0 Å². The van der Waals surface area contributed by atoms with E-state index in [1.54, 1.807) is 4.90 Å². The second kappa shape index (κ2) is 7.28. The van der Waals surface area contributed by atoms with Crippen molar-refractivity contribution in [2.45, 2.75) is 33.6 Å². The fourth-order valence-electron chi connectivity index (χ4n) is 2.77. The molecule has 0 unspecified atom stereocenters. The number of carbonyl (C=O) groups is 2. The first-order valence-electron chi connectivity index (χ1n) is 8.19. The van der Waals surface area contributed by atoms with E-state index in [1.807, 2.05) is 20.8 Å². The molecular formula is C18H24F2N2O2. The van der Waals surface area contributed by atoms with Crippen molar-refractivity contribution >= 4 is 11.8 Å². The minimum Gasteiger partial charge on any atom is -0.341 e. The Hall–Kier alpha value is -1.98. The van der Waals surface area contributed by atoms with E-state index in [0.717, 1.165) is 18.2 Å². The SMILES string of the molecule is CC(C)(C)CC(=O)N1CCCN(C(=O)c2cc(F)ccc2F)CC1. The van der Waals surface area contributed by atoms with Crippen molar-refractivity contribution in [2.24, 2.45) is 5.41 Å². The van der Waals surface area contributed by atoms with Gasteiger partial charge in [-0.1, -0.05) is 20.8 Å². The molecule has 0 N–H and O–H groups in total. The molecule has 0 aliphatic carbocycles. The lowest BCUT2D eigenvalue weighted by atomic mass is 9.91. The minimum absolute atomic E-state index is 0.0636. The Balaban J connectivity index is 2.04. The van der Waals surface area contributed by atoms with Crippen molar-refractivity contribution in [3.8, 4) is 0 Å². The fraction of sp³-hybridized carbons (Fsp3) is 0.556. The molecule has 4 nitrogen and oxygen atoms in total. The van der Waals surface area contributed by atoms with Crippen molar-refractivity contribution in [1.82, 2.24) is 9.80 Å². The van der Waals surface area contributed by atoms with Crippen LogP contribution < -0.4 is 0 Å². The normalized spacial score (nSPS) is 16.0. The molecule has 1 aliphatic rings. The van der Waals surface area contributed by atoms with Crippen LogP contribution in [0, 0.1) is 17.0 Å². The highest BCUT2D eigenvalue weighted by molar-refractivity contribution is 5.94. The van der Waals surface area contributed by atoms with Gasteiger partial charge in [-0.2, -0.15) is 0 Å². The van der Waals surface area contributed by atoms with Gasteiger partial charge in [0, 0.05) is 32.6 Å². The summed E-state index contributed by atoms with van der Waals surface area (Å²) in [5.41, 5.74) is -0.353. The third kappa shape index (κ3) is 4.76. The molecule has 1 saturated heterocycles. The second-order valence-electron chi connectivity index (χ2n) is 7.39. The molecule has 0 bridgehead atoms. The van der Waals surface area contributed by atoms with Gasteiger partial charge in [0.05, 0.1) is 5.56 Å². The second-order valence-corrected chi connectivity index (χ2v) is 7.39. The number of hydrogen-bond donors (Lipinski definition) is 0. The van der Waals surface area contributed by atoms with Crippen LogP contribution in [0.5, 0.6) is 0 Å². The highest BCUT2D eigenvalue weighted by Crippen LogP contribution is 2.21. The molecule has 1 aromatic rings. The summed E-state index contributed by atoms with van der Waals surface area (Å²) in [6.07, 6.45) is 1.07. The van der Waals surface area contributed by atoms with E-state index >= 15 is 0 Å². The van der Waals surface area contributed by atoms with Crippen LogP contribution in [0.1, 0.15) is 44.0 Å². The number of halogens is 2. The Bertz CT molecular complexity index is 626. The van der Waals surface area contributed by atoms with E-state index in [9.17, 15) is 18.4 Å². The number of rotatable bonds is 2. The zero-order valence-corrected chi connectivity index (χ0v) is 14.4. The Morgan fingerprint density at radius 3 is 2.33 bits per heavy atom. The molecule has 0 atom stereocenters. The van der Waals surface area contributed by atoms with Crippen molar-refractivity contribution < 1.29 is 18.4 Å². The van der Waals surface area contributed by atoms with E-state index in [1.165, 1.54) is 4.90 Å². The van der Waals surface area contributed by atoms with E-state index in [4.69, 9.17) is 0 Å². The van der Waals surface area contributed by atoms with E-state index in [-0.39, 0.29) is 16.9 Å². The van der Waals surface area contributed by atoms with E-state index in [0.29, 0.717) is 39.0 Å². The van der Waals surface area contributed by atoms with Gasteiger partial charge in [0.1, 0.15) is 11.6 Å². The van der Waals surface area contributed by atoms with Gasteiger partial charge in [-0.05, 0) is 30.0 Å². The summed E-state index contributed by atoms with van der Waals surface area (Å²) in [4.78, 5) is 28.0. The van der Waals surface area contributed by atoms with Crippen LogP contribution in [0.25, 0.3) is 0 Å². The molecule has 6 heteroatoms. The fourth-order valence-corrected chi connectivity index (χ4v) is 2.77. The largest absolute Gasteiger partial charge is 0.341 e. The van der Waals surface area contributed by atoms with Crippen LogP contribution in [-0.2, 0) is 4.79 Å². The maximum Gasteiger partial charge on any atom is 0.256 e. The van der Waals surface area contributed by atoms with Crippen LogP contribution in [0.3, 0.4) is 0 Å². The predicted octanol–water partition coefficient (Wildman–Crippen LogP) is 3.08. The smallest absolute Gasteiger partial charge is 0.256 e. The lowest BCUT2D eigenvalue weighted by molar-refractivity contribution is -0.132. The van der Waals surface area contributed by atoms with Gasteiger partial charge < -0.3 is 9.80 Å². The number of amides is 2. The lowest BCUT2D eigenvalue weighted by Gasteiger charge is -2.25. The summed E-state index contributed by atoms with van der Waals surface area (Å²) in [7, 11) is 0. The summed E-state index contributed by atoms with van der Waals surface area (Å²) in [6.45, 7) is 7.75. The molecule has 0 spiro atoms. The predicted molar refractivity (Wildman–Crippen MR) is 87.5 cm³/mol. The summed E-state index contributed by atoms with van der Waals surface area (Å²) in [5, 5.41) is 0. The first kappa shape index (κ1) is 18.4. The zero-order chi connectivity index (χ0) is 17.9. The Labute approximate surface area is 141 Å². The molecule has 1 heterocycles. The van der Waals surface area contributed by atoms with Gasteiger partial charge in [0.15, 0.2) is 0 Å². The molecule has 1 fully saturated rings. The summed E-state index contributed by atoms with van der Waals surface area (Å²) >= 11 is 0.